The molecular weight excluding hydrogens is 268 g/mol. The Balaban J connectivity index is 1.97. The standard InChI is InChI=1S/C15H20N4O2/c1-10-11(2)19(9-17-10)7-6-15(20)18-13-5-4-12(16)8-14(13)21-3/h4-5,8-9H,6-7,16H2,1-3H3,(H,18,20). The van der Waals surface area contributed by atoms with Crippen LogP contribution in [-0.2, 0) is 11.3 Å². The number of imidazole rings is 1. The van der Waals surface area contributed by atoms with Gasteiger partial charge in [-0.25, -0.2) is 4.98 Å². The van der Waals surface area contributed by atoms with Gasteiger partial charge >= 0.3 is 0 Å². The molecule has 1 amide bonds. The third-order valence-electron chi connectivity index (χ3n) is 3.42. The molecule has 0 aliphatic rings. The smallest absolute Gasteiger partial charge is 0.226 e. The molecule has 0 bridgehead atoms. The fourth-order valence-electron chi connectivity index (χ4n) is 2.02. The molecule has 0 fully saturated rings. The van der Waals surface area contributed by atoms with Crippen molar-refractivity contribution in [2.24, 2.45) is 0 Å². The number of carbonyl (C=O) groups excluding carboxylic acids is 1. The van der Waals surface area contributed by atoms with Crippen LogP contribution in [0.5, 0.6) is 5.75 Å². The molecule has 0 aliphatic heterocycles. The molecule has 1 aromatic heterocycles. The lowest BCUT2D eigenvalue weighted by molar-refractivity contribution is -0.116. The molecular formula is C15H20N4O2. The molecule has 1 aromatic carbocycles. The molecule has 112 valence electrons. The highest BCUT2D eigenvalue weighted by atomic mass is 16.5. The van der Waals surface area contributed by atoms with Gasteiger partial charge in [-0.15, -0.1) is 0 Å². The molecule has 0 radical (unpaired) electrons. The number of methoxy groups -OCH3 is 1. The van der Waals surface area contributed by atoms with E-state index < -0.39 is 0 Å². The third kappa shape index (κ3) is 3.53. The topological polar surface area (TPSA) is 82.2 Å². The average Bonchev–Trinajstić information content (AvgIpc) is 2.78. The second-order valence-electron chi connectivity index (χ2n) is 4.87. The van der Waals surface area contributed by atoms with Crippen molar-refractivity contribution in [2.75, 3.05) is 18.2 Å². The number of nitrogens with zero attached hydrogens (tertiary/aromatic N) is 2. The normalized spacial score (nSPS) is 10.4. The highest BCUT2D eigenvalue weighted by Crippen LogP contribution is 2.26. The summed E-state index contributed by atoms with van der Waals surface area (Å²) in [5.41, 5.74) is 8.96. The van der Waals surface area contributed by atoms with Crippen LogP contribution in [0.3, 0.4) is 0 Å². The largest absolute Gasteiger partial charge is 0.494 e. The van der Waals surface area contributed by atoms with E-state index in [1.165, 1.54) is 0 Å². The molecule has 0 saturated heterocycles. The summed E-state index contributed by atoms with van der Waals surface area (Å²) in [6, 6.07) is 5.14. The lowest BCUT2D eigenvalue weighted by Crippen LogP contribution is -2.15. The fraction of sp³-hybridized carbons (Fsp3) is 0.333. The molecule has 0 saturated carbocycles. The van der Waals surface area contributed by atoms with Crippen molar-refractivity contribution in [3.05, 3.63) is 35.9 Å². The lowest BCUT2D eigenvalue weighted by Gasteiger charge is -2.11. The van der Waals surface area contributed by atoms with Gasteiger partial charge in [-0.1, -0.05) is 0 Å². The summed E-state index contributed by atoms with van der Waals surface area (Å²) in [4.78, 5) is 16.2. The minimum Gasteiger partial charge on any atom is -0.494 e. The monoisotopic (exact) mass is 288 g/mol. The van der Waals surface area contributed by atoms with Gasteiger partial charge in [-0.05, 0) is 26.0 Å². The van der Waals surface area contributed by atoms with Gasteiger partial charge in [0.1, 0.15) is 5.75 Å². The Morgan fingerprint density at radius 3 is 2.81 bits per heavy atom. The van der Waals surface area contributed by atoms with Crippen LogP contribution >= 0.6 is 0 Å². The summed E-state index contributed by atoms with van der Waals surface area (Å²) in [5.74, 6) is 0.474. The Morgan fingerprint density at radius 2 is 2.19 bits per heavy atom. The van der Waals surface area contributed by atoms with Crippen molar-refractivity contribution in [2.45, 2.75) is 26.8 Å². The maximum atomic E-state index is 12.0. The van der Waals surface area contributed by atoms with Crippen molar-refractivity contribution in [3.63, 3.8) is 0 Å². The van der Waals surface area contributed by atoms with Crippen molar-refractivity contribution < 1.29 is 9.53 Å². The summed E-state index contributed by atoms with van der Waals surface area (Å²) >= 11 is 0. The number of hydrogen-bond acceptors (Lipinski definition) is 4. The molecule has 2 rings (SSSR count). The van der Waals surface area contributed by atoms with Crippen LogP contribution in [0.2, 0.25) is 0 Å². The number of aryl methyl sites for hydroxylation is 2. The third-order valence-corrected chi connectivity index (χ3v) is 3.42. The number of nitrogens with two attached hydrogens (primary N) is 1. The molecule has 3 N–H and O–H groups in total. The van der Waals surface area contributed by atoms with Crippen LogP contribution in [-0.4, -0.2) is 22.6 Å². The van der Waals surface area contributed by atoms with Crippen LogP contribution in [0.25, 0.3) is 0 Å². The number of hydrogen-bond donors (Lipinski definition) is 2. The number of amides is 1. The first-order chi connectivity index (χ1) is 10.0. The second kappa shape index (κ2) is 6.30. The number of nitrogen functional groups attached to an aromatic ring is 1. The number of aromatic nitrogens is 2. The lowest BCUT2D eigenvalue weighted by atomic mass is 10.2. The van der Waals surface area contributed by atoms with Crippen molar-refractivity contribution in [1.29, 1.82) is 0 Å². The predicted octanol–water partition coefficient (Wildman–Crippen LogP) is 2.12. The van der Waals surface area contributed by atoms with E-state index in [1.807, 2.05) is 18.4 Å². The summed E-state index contributed by atoms with van der Waals surface area (Å²) in [6.07, 6.45) is 2.12. The van der Waals surface area contributed by atoms with E-state index in [9.17, 15) is 4.79 Å². The van der Waals surface area contributed by atoms with Crippen LogP contribution in [0.4, 0.5) is 11.4 Å². The summed E-state index contributed by atoms with van der Waals surface area (Å²) in [5, 5.41) is 2.83. The molecule has 0 spiro atoms. The molecule has 0 unspecified atom stereocenters. The van der Waals surface area contributed by atoms with Gasteiger partial charge < -0.3 is 20.4 Å². The predicted molar refractivity (Wildman–Crippen MR) is 82.4 cm³/mol. The van der Waals surface area contributed by atoms with Gasteiger partial charge in [0.25, 0.3) is 0 Å². The van der Waals surface area contributed by atoms with E-state index >= 15 is 0 Å². The molecule has 21 heavy (non-hydrogen) atoms. The van der Waals surface area contributed by atoms with E-state index in [1.54, 1.807) is 31.6 Å². The van der Waals surface area contributed by atoms with Crippen molar-refractivity contribution in [3.8, 4) is 5.75 Å². The minimum absolute atomic E-state index is 0.0798. The molecule has 2 aromatic rings. The number of benzene rings is 1. The van der Waals surface area contributed by atoms with Crippen molar-refractivity contribution in [1.82, 2.24) is 9.55 Å². The van der Waals surface area contributed by atoms with Gasteiger partial charge in [0.05, 0.1) is 24.8 Å². The first kappa shape index (κ1) is 14.9. The van der Waals surface area contributed by atoms with E-state index in [-0.39, 0.29) is 5.91 Å². The van der Waals surface area contributed by atoms with Gasteiger partial charge in [-0.3, -0.25) is 4.79 Å². The Labute approximate surface area is 123 Å². The van der Waals surface area contributed by atoms with Gasteiger partial charge in [0.15, 0.2) is 0 Å². The molecule has 6 heteroatoms. The Bertz CT molecular complexity index is 649. The highest BCUT2D eigenvalue weighted by molar-refractivity contribution is 5.92. The quantitative estimate of drug-likeness (QED) is 0.826. The van der Waals surface area contributed by atoms with E-state index in [2.05, 4.69) is 10.3 Å². The highest BCUT2D eigenvalue weighted by Gasteiger charge is 2.09. The molecule has 6 nitrogen and oxygen atoms in total. The van der Waals surface area contributed by atoms with Crippen LogP contribution in [0.15, 0.2) is 24.5 Å². The maximum absolute atomic E-state index is 12.0. The van der Waals surface area contributed by atoms with Gasteiger partial charge in [0, 0.05) is 30.4 Å². The molecule has 0 atom stereocenters. The number of rotatable bonds is 5. The van der Waals surface area contributed by atoms with E-state index in [0.29, 0.717) is 30.1 Å². The Kier molecular flexibility index (Phi) is 4.47. The number of ether oxygens (including phenoxy) is 1. The number of carbonyl (C=O) groups is 1. The van der Waals surface area contributed by atoms with Gasteiger partial charge in [0.2, 0.25) is 5.91 Å². The van der Waals surface area contributed by atoms with Crippen LogP contribution < -0.4 is 15.8 Å². The number of anilines is 2. The second-order valence-corrected chi connectivity index (χ2v) is 4.87. The fourth-order valence-corrected chi connectivity index (χ4v) is 2.02. The maximum Gasteiger partial charge on any atom is 0.226 e. The zero-order chi connectivity index (χ0) is 15.4. The average molecular weight is 288 g/mol. The first-order valence-corrected chi connectivity index (χ1v) is 6.73. The summed E-state index contributed by atoms with van der Waals surface area (Å²) < 4.78 is 7.17. The number of nitrogens with one attached hydrogen (secondary N) is 1. The van der Waals surface area contributed by atoms with E-state index in [0.717, 1.165) is 11.4 Å². The Hall–Kier alpha value is -2.50. The molecule has 1 heterocycles. The van der Waals surface area contributed by atoms with Crippen LogP contribution in [0, 0.1) is 13.8 Å². The molecule has 0 aliphatic carbocycles. The first-order valence-electron chi connectivity index (χ1n) is 6.73. The van der Waals surface area contributed by atoms with Gasteiger partial charge in [-0.2, -0.15) is 0 Å². The van der Waals surface area contributed by atoms with E-state index in [4.69, 9.17) is 10.5 Å². The van der Waals surface area contributed by atoms with Crippen molar-refractivity contribution >= 4 is 17.3 Å². The minimum atomic E-state index is -0.0798. The van der Waals surface area contributed by atoms with Crippen LogP contribution in [0.1, 0.15) is 17.8 Å². The zero-order valence-electron chi connectivity index (χ0n) is 12.5. The SMILES string of the molecule is COc1cc(N)ccc1NC(=O)CCn1cnc(C)c1C. The zero-order valence-corrected chi connectivity index (χ0v) is 12.5. The summed E-state index contributed by atoms with van der Waals surface area (Å²) in [7, 11) is 1.54. The Morgan fingerprint density at radius 1 is 1.43 bits per heavy atom. The summed E-state index contributed by atoms with van der Waals surface area (Å²) in [6.45, 7) is 4.53.